The van der Waals surface area contributed by atoms with Crippen LogP contribution in [0.5, 0.6) is 0 Å². The van der Waals surface area contributed by atoms with E-state index in [0.29, 0.717) is 11.0 Å². The Balaban J connectivity index is 2.68. The van der Waals surface area contributed by atoms with Gasteiger partial charge in [-0.1, -0.05) is 13.3 Å². The van der Waals surface area contributed by atoms with Gasteiger partial charge >= 0.3 is 5.69 Å². The minimum absolute atomic E-state index is 0.273. The summed E-state index contributed by atoms with van der Waals surface area (Å²) in [5.41, 5.74) is -0.166. The van der Waals surface area contributed by atoms with E-state index in [1.807, 2.05) is 6.07 Å². The molecule has 102 valence electrons. The van der Waals surface area contributed by atoms with Crippen molar-refractivity contribution in [3.63, 3.8) is 0 Å². The number of hydrogen-bond acceptors (Lipinski definition) is 4. The summed E-state index contributed by atoms with van der Waals surface area (Å²) in [6, 6.07) is 1.84. The van der Waals surface area contributed by atoms with Crippen LogP contribution < -0.4 is 11.2 Å². The minimum atomic E-state index is -0.347. The topological polar surface area (TPSA) is 56.9 Å². The van der Waals surface area contributed by atoms with Crippen molar-refractivity contribution in [3.8, 4) is 0 Å². The van der Waals surface area contributed by atoms with Crippen LogP contribution in [0.2, 0.25) is 0 Å². The van der Waals surface area contributed by atoms with Crippen molar-refractivity contribution in [2.24, 2.45) is 14.1 Å². The molecule has 0 aliphatic heterocycles. The van der Waals surface area contributed by atoms with Gasteiger partial charge in [0.1, 0.15) is 5.65 Å². The summed E-state index contributed by atoms with van der Waals surface area (Å²) < 4.78 is 2.55. The van der Waals surface area contributed by atoms with Crippen LogP contribution in [0, 0.1) is 0 Å². The van der Waals surface area contributed by atoms with Crippen molar-refractivity contribution in [3.05, 3.63) is 33.1 Å². The molecule has 0 unspecified atom stereocenters. The molecule has 0 spiro atoms. The number of rotatable bonds is 4. The Morgan fingerprint density at radius 2 is 2.00 bits per heavy atom. The zero-order chi connectivity index (χ0) is 14.0. The third-order valence-corrected chi connectivity index (χ3v) is 4.20. The Labute approximate surface area is 115 Å². The summed E-state index contributed by atoms with van der Waals surface area (Å²) in [7, 11) is 3.13. The Morgan fingerprint density at radius 1 is 1.26 bits per heavy atom. The lowest BCUT2D eigenvalue weighted by Crippen LogP contribution is -2.37. The van der Waals surface area contributed by atoms with Gasteiger partial charge in [-0.05, 0) is 18.2 Å². The number of fused-ring (bicyclic) bond motifs is 1. The molecular weight excluding hydrogens is 262 g/mol. The number of aromatic nitrogens is 3. The van der Waals surface area contributed by atoms with Crippen LogP contribution in [-0.4, -0.2) is 19.9 Å². The van der Waals surface area contributed by atoms with Gasteiger partial charge in [0, 0.05) is 25.2 Å². The maximum Gasteiger partial charge on any atom is 0.332 e. The zero-order valence-corrected chi connectivity index (χ0v) is 12.2. The van der Waals surface area contributed by atoms with Crippen LogP contribution >= 0.6 is 11.8 Å². The standard InChI is InChI=1S/C13H17N3O2S/c1-4-5-8-19-9-6-7-14-11-10(9)12(17)16(3)13(18)15(11)2/h6-7H,4-5,8H2,1-3H3. The number of unbranched alkanes of at least 4 members (excludes halogenated alkanes) is 1. The number of aryl methyl sites for hydroxylation is 1. The summed E-state index contributed by atoms with van der Waals surface area (Å²) in [6.07, 6.45) is 3.86. The van der Waals surface area contributed by atoms with Gasteiger partial charge in [-0.3, -0.25) is 13.9 Å². The first-order chi connectivity index (χ1) is 9.07. The summed E-state index contributed by atoms with van der Waals surface area (Å²) in [5.74, 6) is 0.960. The molecule has 0 radical (unpaired) electrons. The largest absolute Gasteiger partial charge is 0.332 e. The number of hydrogen-bond donors (Lipinski definition) is 0. The summed E-state index contributed by atoms with van der Waals surface area (Å²) >= 11 is 1.64. The molecule has 0 aliphatic rings. The first kappa shape index (κ1) is 13.9. The van der Waals surface area contributed by atoms with Crippen LogP contribution in [0.1, 0.15) is 19.8 Å². The normalized spacial score (nSPS) is 11.1. The minimum Gasteiger partial charge on any atom is -0.280 e. The average Bonchev–Trinajstić information content (AvgIpc) is 2.43. The molecule has 0 fully saturated rings. The molecule has 0 saturated heterocycles. The third kappa shape index (κ3) is 2.45. The lowest BCUT2D eigenvalue weighted by Gasteiger charge is -2.09. The van der Waals surface area contributed by atoms with E-state index in [1.54, 1.807) is 25.0 Å². The van der Waals surface area contributed by atoms with Gasteiger partial charge in [-0.25, -0.2) is 9.78 Å². The van der Waals surface area contributed by atoms with Crippen molar-refractivity contribution in [1.82, 2.24) is 14.1 Å². The predicted molar refractivity (Wildman–Crippen MR) is 77.9 cm³/mol. The maximum atomic E-state index is 12.3. The Kier molecular flexibility index (Phi) is 4.09. The molecule has 0 bridgehead atoms. The van der Waals surface area contributed by atoms with Crippen molar-refractivity contribution in [2.45, 2.75) is 24.7 Å². The first-order valence-corrected chi connectivity index (χ1v) is 7.24. The molecule has 0 saturated carbocycles. The molecule has 0 N–H and O–H groups in total. The monoisotopic (exact) mass is 279 g/mol. The first-order valence-electron chi connectivity index (χ1n) is 6.25. The van der Waals surface area contributed by atoms with Crippen molar-refractivity contribution in [2.75, 3.05) is 5.75 Å². The summed E-state index contributed by atoms with van der Waals surface area (Å²) in [4.78, 5) is 29.2. The van der Waals surface area contributed by atoms with E-state index in [9.17, 15) is 9.59 Å². The summed E-state index contributed by atoms with van der Waals surface area (Å²) in [6.45, 7) is 2.13. The molecule has 2 rings (SSSR count). The van der Waals surface area contributed by atoms with Gasteiger partial charge in [0.2, 0.25) is 0 Å². The van der Waals surface area contributed by atoms with E-state index < -0.39 is 0 Å². The highest BCUT2D eigenvalue weighted by atomic mass is 32.2. The van der Waals surface area contributed by atoms with E-state index in [2.05, 4.69) is 11.9 Å². The lowest BCUT2D eigenvalue weighted by molar-refractivity contribution is 0.706. The molecule has 5 nitrogen and oxygen atoms in total. The number of nitrogens with zero attached hydrogens (tertiary/aromatic N) is 3. The van der Waals surface area contributed by atoms with Gasteiger partial charge in [0.05, 0.1) is 5.39 Å². The van der Waals surface area contributed by atoms with E-state index in [1.165, 1.54) is 11.6 Å². The van der Waals surface area contributed by atoms with Crippen molar-refractivity contribution >= 4 is 22.8 Å². The van der Waals surface area contributed by atoms with Gasteiger partial charge < -0.3 is 0 Å². The smallest absolute Gasteiger partial charge is 0.280 e. The van der Waals surface area contributed by atoms with E-state index in [0.717, 1.165) is 28.1 Å². The Morgan fingerprint density at radius 3 is 2.68 bits per heavy atom. The molecule has 0 atom stereocenters. The van der Waals surface area contributed by atoms with E-state index in [4.69, 9.17) is 0 Å². The SMILES string of the molecule is CCCCSc1ccnc2c1c(=O)n(C)c(=O)n2C. The van der Waals surface area contributed by atoms with Crippen LogP contribution in [0.15, 0.2) is 26.7 Å². The van der Waals surface area contributed by atoms with Gasteiger partial charge in [-0.2, -0.15) is 0 Å². The van der Waals surface area contributed by atoms with Crippen LogP contribution in [0.4, 0.5) is 0 Å². The second kappa shape index (κ2) is 5.61. The number of thioether (sulfide) groups is 1. The van der Waals surface area contributed by atoms with E-state index in [-0.39, 0.29) is 11.2 Å². The Bertz CT molecular complexity index is 718. The molecule has 2 heterocycles. The maximum absolute atomic E-state index is 12.3. The Hall–Kier alpha value is -1.56. The third-order valence-electron chi connectivity index (χ3n) is 3.06. The highest BCUT2D eigenvalue weighted by Crippen LogP contribution is 2.24. The molecule has 2 aromatic rings. The molecule has 0 aromatic carbocycles. The molecular formula is C13H17N3O2S. The fourth-order valence-electron chi connectivity index (χ4n) is 1.91. The highest BCUT2D eigenvalue weighted by molar-refractivity contribution is 7.99. The zero-order valence-electron chi connectivity index (χ0n) is 11.3. The van der Waals surface area contributed by atoms with Crippen molar-refractivity contribution in [1.29, 1.82) is 0 Å². The van der Waals surface area contributed by atoms with Gasteiger partial charge in [0.25, 0.3) is 5.56 Å². The predicted octanol–water partition coefficient (Wildman–Crippen LogP) is 1.52. The fourth-order valence-corrected chi connectivity index (χ4v) is 3.04. The fraction of sp³-hybridized carbons (Fsp3) is 0.462. The van der Waals surface area contributed by atoms with Crippen LogP contribution in [0.25, 0.3) is 11.0 Å². The second-order valence-electron chi connectivity index (χ2n) is 4.42. The lowest BCUT2D eigenvalue weighted by atomic mass is 10.3. The summed E-state index contributed by atoms with van der Waals surface area (Å²) in [5, 5.41) is 0.535. The molecule has 2 aromatic heterocycles. The highest BCUT2D eigenvalue weighted by Gasteiger charge is 2.13. The quantitative estimate of drug-likeness (QED) is 0.629. The molecule has 0 amide bonds. The van der Waals surface area contributed by atoms with Crippen LogP contribution in [-0.2, 0) is 14.1 Å². The second-order valence-corrected chi connectivity index (χ2v) is 5.55. The van der Waals surface area contributed by atoms with Gasteiger partial charge in [-0.15, -0.1) is 11.8 Å². The van der Waals surface area contributed by atoms with E-state index >= 15 is 0 Å². The molecule has 6 heteroatoms. The molecule has 0 aliphatic carbocycles. The molecule has 19 heavy (non-hydrogen) atoms. The van der Waals surface area contributed by atoms with Gasteiger partial charge in [0.15, 0.2) is 0 Å². The number of pyridine rings is 1. The average molecular weight is 279 g/mol. The van der Waals surface area contributed by atoms with Crippen molar-refractivity contribution < 1.29 is 0 Å². The van der Waals surface area contributed by atoms with Crippen LogP contribution in [0.3, 0.4) is 0 Å².